The van der Waals surface area contributed by atoms with Gasteiger partial charge in [-0.25, -0.2) is 4.98 Å². The fraction of sp³-hybridized carbons (Fsp3) is 0.389. The third-order valence-corrected chi connectivity index (χ3v) is 4.32. The molecule has 1 aromatic carbocycles. The van der Waals surface area contributed by atoms with Gasteiger partial charge in [0.15, 0.2) is 0 Å². The molecule has 1 aromatic heterocycles. The van der Waals surface area contributed by atoms with Crippen molar-refractivity contribution in [1.82, 2.24) is 19.8 Å². The molecule has 0 bridgehead atoms. The maximum Gasteiger partial charge on any atom is 0.274 e. The lowest BCUT2D eigenvalue weighted by atomic mass is 10.1. The highest BCUT2D eigenvalue weighted by Gasteiger charge is 2.23. The number of hydrogen-bond donors (Lipinski definition) is 0. The van der Waals surface area contributed by atoms with Crippen LogP contribution in [-0.4, -0.2) is 66.1 Å². The van der Waals surface area contributed by atoms with Crippen molar-refractivity contribution >= 4 is 5.91 Å². The number of carbonyl (C=O) groups excluding carboxylic acids is 1. The summed E-state index contributed by atoms with van der Waals surface area (Å²) in [7, 11) is 3.32. The minimum Gasteiger partial charge on any atom is -0.497 e. The molecule has 1 aliphatic heterocycles. The average Bonchev–Trinajstić information content (AvgIpc) is 2.68. The Morgan fingerprint density at radius 3 is 2.56 bits per heavy atom. The summed E-state index contributed by atoms with van der Waals surface area (Å²) in [6, 6.07) is 5.80. The third-order valence-electron chi connectivity index (χ3n) is 4.32. The van der Waals surface area contributed by atoms with Crippen LogP contribution in [-0.2, 0) is 6.54 Å². The summed E-state index contributed by atoms with van der Waals surface area (Å²) >= 11 is 0. The lowest BCUT2D eigenvalue weighted by Crippen LogP contribution is -2.48. The SMILES string of the molecule is COc1ccc(OC)c(CN2CCN(C(=O)c3cnccn3)CC2)c1. The van der Waals surface area contributed by atoms with Crippen LogP contribution in [0.2, 0.25) is 0 Å². The molecule has 0 atom stereocenters. The Hall–Kier alpha value is -2.67. The Labute approximate surface area is 147 Å². The van der Waals surface area contributed by atoms with Gasteiger partial charge < -0.3 is 14.4 Å². The third kappa shape index (κ3) is 4.06. The summed E-state index contributed by atoms with van der Waals surface area (Å²) in [6.07, 6.45) is 4.62. The highest BCUT2D eigenvalue weighted by molar-refractivity contribution is 5.92. The average molecular weight is 342 g/mol. The fourth-order valence-electron chi connectivity index (χ4n) is 2.93. The van der Waals surface area contributed by atoms with Crippen molar-refractivity contribution in [3.63, 3.8) is 0 Å². The standard InChI is InChI=1S/C18H22N4O3/c1-24-15-3-4-17(25-2)14(11-15)13-21-7-9-22(10-8-21)18(23)16-12-19-5-6-20-16/h3-6,11-12H,7-10,13H2,1-2H3. The minimum atomic E-state index is -0.0632. The molecule has 0 aliphatic carbocycles. The van der Waals surface area contributed by atoms with Gasteiger partial charge in [-0.1, -0.05) is 0 Å². The van der Waals surface area contributed by atoms with Crippen LogP contribution in [0.15, 0.2) is 36.8 Å². The lowest BCUT2D eigenvalue weighted by Gasteiger charge is -2.34. The van der Waals surface area contributed by atoms with Gasteiger partial charge in [0.05, 0.1) is 20.4 Å². The second kappa shape index (κ2) is 7.94. The van der Waals surface area contributed by atoms with Gasteiger partial charge >= 0.3 is 0 Å². The summed E-state index contributed by atoms with van der Waals surface area (Å²) in [5, 5.41) is 0. The van der Waals surface area contributed by atoms with Crippen LogP contribution in [0, 0.1) is 0 Å². The van der Waals surface area contributed by atoms with E-state index in [2.05, 4.69) is 14.9 Å². The van der Waals surface area contributed by atoms with E-state index in [1.165, 1.54) is 6.20 Å². The molecule has 0 spiro atoms. The first kappa shape index (κ1) is 17.2. The molecule has 3 rings (SSSR count). The number of methoxy groups -OCH3 is 2. The van der Waals surface area contributed by atoms with Gasteiger partial charge in [0, 0.05) is 50.7 Å². The van der Waals surface area contributed by atoms with Crippen molar-refractivity contribution in [2.45, 2.75) is 6.54 Å². The molecule has 1 aliphatic rings. The second-order valence-electron chi connectivity index (χ2n) is 5.84. The van der Waals surface area contributed by atoms with Crippen molar-refractivity contribution in [3.8, 4) is 11.5 Å². The first-order valence-electron chi connectivity index (χ1n) is 8.20. The van der Waals surface area contributed by atoms with E-state index in [-0.39, 0.29) is 5.91 Å². The molecule has 0 unspecified atom stereocenters. The Balaban J connectivity index is 1.60. The first-order valence-corrected chi connectivity index (χ1v) is 8.20. The lowest BCUT2D eigenvalue weighted by molar-refractivity contribution is 0.0621. The molecule has 7 heteroatoms. The Kier molecular flexibility index (Phi) is 5.45. The van der Waals surface area contributed by atoms with Crippen LogP contribution in [0.4, 0.5) is 0 Å². The Morgan fingerprint density at radius 2 is 1.92 bits per heavy atom. The van der Waals surface area contributed by atoms with Crippen LogP contribution < -0.4 is 9.47 Å². The topological polar surface area (TPSA) is 67.8 Å². The van der Waals surface area contributed by atoms with Crippen molar-refractivity contribution in [2.24, 2.45) is 0 Å². The van der Waals surface area contributed by atoms with Gasteiger partial charge in [-0.15, -0.1) is 0 Å². The molecule has 25 heavy (non-hydrogen) atoms. The maximum absolute atomic E-state index is 12.4. The van der Waals surface area contributed by atoms with E-state index in [1.807, 2.05) is 23.1 Å². The van der Waals surface area contributed by atoms with E-state index >= 15 is 0 Å². The number of nitrogens with zero attached hydrogens (tertiary/aromatic N) is 4. The fourth-order valence-corrected chi connectivity index (χ4v) is 2.93. The molecular weight excluding hydrogens is 320 g/mol. The molecule has 0 N–H and O–H groups in total. The van der Waals surface area contributed by atoms with Crippen molar-refractivity contribution < 1.29 is 14.3 Å². The number of benzene rings is 1. The molecule has 0 saturated carbocycles. The van der Waals surface area contributed by atoms with E-state index in [4.69, 9.17) is 9.47 Å². The van der Waals surface area contributed by atoms with Crippen LogP contribution in [0.3, 0.4) is 0 Å². The summed E-state index contributed by atoms with van der Waals surface area (Å²) in [6.45, 7) is 3.69. The molecule has 132 valence electrons. The number of ether oxygens (including phenoxy) is 2. The predicted molar refractivity (Wildman–Crippen MR) is 92.8 cm³/mol. The van der Waals surface area contributed by atoms with Gasteiger partial charge in [-0.2, -0.15) is 0 Å². The molecule has 7 nitrogen and oxygen atoms in total. The molecular formula is C18H22N4O3. The molecule has 0 radical (unpaired) electrons. The normalized spacial score (nSPS) is 15.0. The van der Waals surface area contributed by atoms with Crippen LogP contribution in [0.25, 0.3) is 0 Å². The van der Waals surface area contributed by atoms with E-state index in [0.29, 0.717) is 18.8 Å². The summed E-state index contributed by atoms with van der Waals surface area (Å²) < 4.78 is 10.7. The number of hydrogen-bond acceptors (Lipinski definition) is 6. The van der Waals surface area contributed by atoms with Crippen molar-refractivity contribution in [3.05, 3.63) is 48.0 Å². The highest BCUT2D eigenvalue weighted by atomic mass is 16.5. The monoisotopic (exact) mass is 342 g/mol. The summed E-state index contributed by atoms with van der Waals surface area (Å²) in [4.78, 5) is 24.6. The van der Waals surface area contributed by atoms with Gasteiger partial charge in [-0.05, 0) is 18.2 Å². The largest absolute Gasteiger partial charge is 0.497 e. The zero-order valence-corrected chi connectivity index (χ0v) is 14.5. The van der Waals surface area contributed by atoms with Gasteiger partial charge in [0.1, 0.15) is 17.2 Å². The molecule has 2 aromatic rings. The zero-order chi connectivity index (χ0) is 17.6. The number of rotatable bonds is 5. The Morgan fingerprint density at radius 1 is 1.12 bits per heavy atom. The van der Waals surface area contributed by atoms with Crippen LogP contribution >= 0.6 is 0 Å². The van der Waals surface area contributed by atoms with E-state index < -0.39 is 0 Å². The quantitative estimate of drug-likeness (QED) is 0.819. The predicted octanol–water partition coefficient (Wildman–Crippen LogP) is 1.45. The molecule has 2 heterocycles. The van der Waals surface area contributed by atoms with Gasteiger partial charge in [0.25, 0.3) is 5.91 Å². The van der Waals surface area contributed by atoms with Gasteiger partial charge in [0.2, 0.25) is 0 Å². The van der Waals surface area contributed by atoms with Gasteiger partial charge in [-0.3, -0.25) is 14.7 Å². The minimum absolute atomic E-state index is 0.0632. The highest BCUT2D eigenvalue weighted by Crippen LogP contribution is 2.25. The summed E-state index contributed by atoms with van der Waals surface area (Å²) in [5.74, 6) is 1.60. The number of piperazine rings is 1. The van der Waals surface area contributed by atoms with Crippen molar-refractivity contribution in [1.29, 1.82) is 0 Å². The summed E-state index contributed by atoms with van der Waals surface area (Å²) in [5.41, 5.74) is 1.47. The van der Waals surface area contributed by atoms with E-state index in [1.54, 1.807) is 26.6 Å². The Bertz CT molecular complexity index is 716. The molecule has 1 amide bonds. The smallest absolute Gasteiger partial charge is 0.274 e. The maximum atomic E-state index is 12.4. The van der Waals surface area contributed by atoms with E-state index in [0.717, 1.165) is 36.7 Å². The number of amides is 1. The second-order valence-corrected chi connectivity index (χ2v) is 5.84. The van der Waals surface area contributed by atoms with Crippen LogP contribution in [0.5, 0.6) is 11.5 Å². The number of carbonyl (C=O) groups is 1. The zero-order valence-electron chi connectivity index (χ0n) is 14.5. The number of aromatic nitrogens is 2. The van der Waals surface area contributed by atoms with Crippen LogP contribution in [0.1, 0.15) is 16.1 Å². The van der Waals surface area contributed by atoms with Crippen molar-refractivity contribution in [2.75, 3.05) is 40.4 Å². The van der Waals surface area contributed by atoms with E-state index in [9.17, 15) is 4.79 Å². The molecule has 1 fully saturated rings. The molecule has 1 saturated heterocycles. The first-order chi connectivity index (χ1) is 12.2.